The Labute approximate surface area is 159 Å². The molecular weight excluding hydrogens is 366 g/mol. The minimum absolute atomic E-state index is 0.217. The van der Waals surface area contributed by atoms with E-state index in [1.54, 1.807) is 12.4 Å². The van der Waals surface area contributed by atoms with E-state index in [9.17, 15) is 4.79 Å². The lowest BCUT2D eigenvalue weighted by Gasteiger charge is -2.26. The number of urea groups is 1. The van der Waals surface area contributed by atoms with Crippen molar-refractivity contribution in [2.45, 2.75) is 13.0 Å². The van der Waals surface area contributed by atoms with Gasteiger partial charge >= 0.3 is 6.03 Å². The smallest absolute Gasteiger partial charge is 0.321 e. The molecule has 6 nitrogen and oxygen atoms in total. The first-order valence-corrected chi connectivity index (χ1v) is 10.2. The summed E-state index contributed by atoms with van der Waals surface area (Å²) in [7, 11) is 0. The fraction of sp³-hybridized carbons (Fsp3) is 0.278. The second-order valence-corrected chi connectivity index (χ2v) is 7.91. The maximum atomic E-state index is 12.1. The number of amides is 2. The summed E-state index contributed by atoms with van der Waals surface area (Å²) in [6.45, 7) is 3.49. The van der Waals surface area contributed by atoms with Gasteiger partial charge in [-0.3, -0.25) is 15.2 Å². The van der Waals surface area contributed by atoms with Crippen LogP contribution in [0.25, 0.3) is 11.3 Å². The average Bonchev–Trinajstić information content (AvgIpc) is 3.31. The van der Waals surface area contributed by atoms with Gasteiger partial charge in [-0.25, -0.2) is 9.78 Å². The first-order valence-electron chi connectivity index (χ1n) is 8.46. The van der Waals surface area contributed by atoms with Gasteiger partial charge in [-0.2, -0.15) is 0 Å². The number of hydrogen-bond acceptors (Lipinski definition) is 6. The Morgan fingerprint density at radius 3 is 3.15 bits per heavy atom. The summed E-state index contributed by atoms with van der Waals surface area (Å²) in [5.74, 6) is 0. The van der Waals surface area contributed by atoms with Crippen LogP contribution in [0, 0.1) is 0 Å². The third-order valence-electron chi connectivity index (χ3n) is 4.28. The molecule has 8 heteroatoms. The minimum atomic E-state index is -0.217. The largest absolute Gasteiger partial charge is 0.337 e. The van der Waals surface area contributed by atoms with Crippen LogP contribution < -0.4 is 10.6 Å². The molecule has 0 radical (unpaired) electrons. The number of rotatable bonds is 5. The molecule has 1 aliphatic heterocycles. The van der Waals surface area contributed by atoms with Crippen molar-refractivity contribution in [1.29, 1.82) is 0 Å². The molecule has 1 aliphatic rings. The number of thiazole rings is 1. The van der Waals surface area contributed by atoms with Gasteiger partial charge in [0.15, 0.2) is 5.13 Å². The van der Waals surface area contributed by atoms with Crippen molar-refractivity contribution in [3.05, 3.63) is 51.8 Å². The summed E-state index contributed by atoms with van der Waals surface area (Å²) in [6.07, 6.45) is 4.59. The number of nitrogens with zero attached hydrogens (tertiary/aromatic N) is 3. The number of fused-ring (bicyclic) bond motifs is 1. The van der Waals surface area contributed by atoms with Crippen LogP contribution in [0.3, 0.4) is 0 Å². The van der Waals surface area contributed by atoms with E-state index in [1.165, 1.54) is 21.8 Å². The lowest BCUT2D eigenvalue weighted by Crippen LogP contribution is -2.38. The molecule has 0 aromatic carbocycles. The molecule has 0 atom stereocenters. The van der Waals surface area contributed by atoms with Crippen LogP contribution >= 0.6 is 22.7 Å². The minimum Gasteiger partial charge on any atom is -0.337 e. The third kappa shape index (κ3) is 4.09. The number of thiophene rings is 1. The van der Waals surface area contributed by atoms with Gasteiger partial charge in [0, 0.05) is 54.4 Å². The molecule has 0 unspecified atom stereocenters. The SMILES string of the molecule is O=C(NCCN1CCc2sccc2C1)Nc1nc(-c2cccnc2)cs1. The van der Waals surface area contributed by atoms with E-state index in [0.29, 0.717) is 11.7 Å². The van der Waals surface area contributed by atoms with Gasteiger partial charge < -0.3 is 5.32 Å². The van der Waals surface area contributed by atoms with Gasteiger partial charge in [0.05, 0.1) is 5.69 Å². The van der Waals surface area contributed by atoms with Crippen molar-refractivity contribution < 1.29 is 4.79 Å². The summed E-state index contributed by atoms with van der Waals surface area (Å²) in [6, 6.07) is 5.80. The van der Waals surface area contributed by atoms with Crippen molar-refractivity contribution in [2.75, 3.05) is 25.0 Å². The summed E-state index contributed by atoms with van der Waals surface area (Å²) >= 11 is 3.25. The van der Waals surface area contributed by atoms with Crippen molar-refractivity contribution in [1.82, 2.24) is 20.2 Å². The molecule has 0 aliphatic carbocycles. The lowest BCUT2D eigenvalue weighted by atomic mass is 10.1. The zero-order valence-corrected chi connectivity index (χ0v) is 15.8. The molecule has 4 heterocycles. The number of aromatic nitrogens is 2. The quantitative estimate of drug-likeness (QED) is 0.706. The van der Waals surface area contributed by atoms with Gasteiger partial charge in [0.25, 0.3) is 0 Å². The van der Waals surface area contributed by atoms with E-state index in [1.807, 2.05) is 28.8 Å². The molecule has 0 saturated heterocycles. The average molecular weight is 386 g/mol. The van der Waals surface area contributed by atoms with E-state index in [-0.39, 0.29) is 6.03 Å². The highest BCUT2D eigenvalue weighted by Crippen LogP contribution is 2.24. The first kappa shape index (κ1) is 17.1. The monoisotopic (exact) mass is 385 g/mol. The van der Waals surface area contributed by atoms with Gasteiger partial charge in [-0.15, -0.1) is 22.7 Å². The predicted octanol–water partition coefficient (Wildman–Crippen LogP) is 3.45. The highest BCUT2D eigenvalue weighted by atomic mass is 32.1. The number of hydrogen-bond donors (Lipinski definition) is 2. The Morgan fingerprint density at radius 1 is 1.31 bits per heavy atom. The van der Waals surface area contributed by atoms with Crippen molar-refractivity contribution in [3.63, 3.8) is 0 Å². The van der Waals surface area contributed by atoms with Crippen LogP contribution in [-0.4, -0.2) is 40.5 Å². The molecule has 2 N–H and O–H groups in total. The predicted molar refractivity (Wildman–Crippen MR) is 106 cm³/mol. The van der Waals surface area contributed by atoms with E-state index >= 15 is 0 Å². The fourth-order valence-electron chi connectivity index (χ4n) is 2.94. The van der Waals surface area contributed by atoms with Gasteiger partial charge in [0.2, 0.25) is 0 Å². The molecule has 3 aromatic rings. The van der Waals surface area contributed by atoms with E-state index in [4.69, 9.17) is 0 Å². The normalized spacial score (nSPS) is 14.0. The van der Waals surface area contributed by atoms with Crippen molar-refractivity contribution in [3.8, 4) is 11.3 Å². The van der Waals surface area contributed by atoms with Gasteiger partial charge in [-0.05, 0) is 35.6 Å². The maximum Gasteiger partial charge on any atom is 0.321 e. The van der Waals surface area contributed by atoms with E-state index < -0.39 is 0 Å². The van der Waals surface area contributed by atoms with Crippen LogP contribution in [-0.2, 0) is 13.0 Å². The highest BCUT2D eigenvalue weighted by Gasteiger charge is 2.16. The number of pyridine rings is 1. The highest BCUT2D eigenvalue weighted by molar-refractivity contribution is 7.14. The topological polar surface area (TPSA) is 70.2 Å². The lowest BCUT2D eigenvalue weighted by molar-refractivity contribution is 0.239. The summed E-state index contributed by atoms with van der Waals surface area (Å²) in [5, 5.41) is 10.4. The fourth-order valence-corrected chi connectivity index (χ4v) is 4.55. The molecule has 2 amide bonds. The summed E-state index contributed by atoms with van der Waals surface area (Å²) in [5.41, 5.74) is 3.19. The second-order valence-electron chi connectivity index (χ2n) is 6.06. The molecule has 0 bridgehead atoms. The van der Waals surface area contributed by atoms with Crippen LogP contribution in [0.1, 0.15) is 10.4 Å². The summed E-state index contributed by atoms with van der Waals surface area (Å²) in [4.78, 5) is 24.5. The number of carbonyl (C=O) groups is 1. The first-order chi connectivity index (χ1) is 12.8. The molecule has 4 rings (SSSR count). The molecule has 26 heavy (non-hydrogen) atoms. The van der Waals surface area contributed by atoms with E-state index in [2.05, 4.69) is 36.9 Å². The molecular formula is C18H19N5OS2. The van der Waals surface area contributed by atoms with Crippen LogP contribution in [0.4, 0.5) is 9.93 Å². The Kier molecular flexibility index (Phi) is 5.24. The standard InChI is InChI=1S/C18H19N5OS2/c24-17(20-6-8-23-7-3-16-14(11-23)4-9-25-16)22-18-21-15(12-26-18)13-2-1-5-19-10-13/h1-2,4-5,9-10,12H,3,6-8,11H2,(H2,20,21,22,24). The molecule has 0 saturated carbocycles. The molecule has 134 valence electrons. The maximum absolute atomic E-state index is 12.1. The Balaban J connectivity index is 1.23. The molecule has 0 spiro atoms. The van der Waals surface area contributed by atoms with Crippen LogP contribution in [0.5, 0.6) is 0 Å². The van der Waals surface area contributed by atoms with Crippen LogP contribution in [0.15, 0.2) is 41.4 Å². The number of nitrogens with one attached hydrogen (secondary N) is 2. The van der Waals surface area contributed by atoms with Crippen molar-refractivity contribution in [2.24, 2.45) is 0 Å². The van der Waals surface area contributed by atoms with E-state index in [0.717, 1.165) is 37.3 Å². The molecule has 0 fully saturated rings. The second kappa shape index (κ2) is 7.94. The van der Waals surface area contributed by atoms with Gasteiger partial charge in [-0.1, -0.05) is 0 Å². The Bertz CT molecular complexity index is 877. The Hall–Kier alpha value is -2.29. The molecule has 3 aromatic heterocycles. The van der Waals surface area contributed by atoms with Gasteiger partial charge in [0.1, 0.15) is 0 Å². The summed E-state index contributed by atoms with van der Waals surface area (Å²) < 4.78 is 0. The van der Waals surface area contributed by atoms with Crippen molar-refractivity contribution >= 4 is 33.8 Å². The third-order valence-corrected chi connectivity index (χ3v) is 6.06. The van der Waals surface area contributed by atoms with Crippen LogP contribution in [0.2, 0.25) is 0 Å². The number of anilines is 1. The number of carbonyl (C=O) groups excluding carboxylic acids is 1. The Morgan fingerprint density at radius 2 is 2.27 bits per heavy atom. The zero-order valence-electron chi connectivity index (χ0n) is 14.1. The zero-order chi connectivity index (χ0) is 17.8.